The third-order valence-electron chi connectivity index (χ3n) is 4.35. The predicted molar refractivity (Wildman–Crippen MR) is 99.0 cm³/mol. The molecular weight excluding hydrogens is 391 g/mol. The largest absolute Gasteiger partial charge is 0.480 e. The van der Waals surface area contributed by atoms with E-state index in [4.69, 9.17) is 10.2 Å². The molecule has 1 fully saturated rings. The Bertz CT molecular complexity index is 741. The molecule has 12 heteroatoms. The molecule has 0 aromatic carbocycles. The summed E-state index contributed by atoms with van der Waals surface area (Å²) < 4.78 is 11.4. The minimum Gasteiger partial charge on any atom is -0.480 e. The van der Waals surface area contributed by atoms with E-state index in [-0.39, 0.29) is 12.2 Å². The third kappa shape index (κ3) is 8.01. The zero-order valence-corrected chi connectivity index (χ0v) is 16.2. The van der Waals surface area contributed by atoms with E-state index in [2.05, 4.69) is 4.98 Å². The quantitative estimate of drug-likeness (QED) is 0.422. The molecule has 1 aromatic heterocycles. The number of pyridine rings is 1. The van der Waals surface area contributed by atoms with Crippen LogP contribution in [0.25, 0.3) is 0 Å². The maximum Gasteiger partial charge on any atom is 0.354 e. The van der Waals surface area contributed by atoms with Gasteiger partial charge in [0.2, 0.25) is 0 Å². The van der Waals surface area contributed by atoms with Gasteiger partial charge in [-0.1, -0.05) is 6.07 Å². The Labute approximate surface area is 162 Å². The van der Waals surface area contributed by atoms with Crippen LogP contribution in [0.4, 0.5) is 0 Å². The molecule has 1 aliphatic heterocycles. The lowest BCUT2D eigenvalue weighted by molar-refractivity contribution is -0.138. The zero-order chi connectivity index (χ0) is 20.7. The highest BCUT2D eigenvalue weighted by atomic mass is 31.2. The van der Waals surface area contributed by atoms with Crippen molar-refractivity contribution in [2.75, 3.05) is 52.1 Å². The van der Waals surface area contributed by atoms with Gasteiger partial charge < -0.3 is 20.0 Å². The first kappa shape index (κ1) is 22.4. The monoisotopic (exact) mass is 416 g/mol. The van der Waals surface area contributed by atoms with Crippen LogP contribution in [-0.4, -0.2) is 104 Å². The second kappa shape index (κ2) is 10.1. The molecule has 0 bridgehead atoms. The maximum atomic E-state index is 11.4. The van der Waals surface area contributed by atoms with E-state index in [1.807, 2.05) is 4.90 Å². The van der Waals surface area contributed by atoms with Crippen LogP contribution in [-0.2, 0) is 15.9 Å². The first-order valence-corrected chi connectivity index (χ1v) is 10.5. The van der Waals surface area contributed by atoms with Gasteiger partial charge in [-0.25, -0.2) is 9.78 Å². The number of nitrogens with zero attached hydrogens (tertiary/aromatic N) is 4. The molecule has 11 nitrogen and oxygen atoms in total. The summed E-state index contributed by atoms with van der Waals surface area (Å²) >= 11 is 0. The topological polar surface area (TPSA) is 155 Å². The fraction of sp³-hybridized carbons (Fsp3) is 0.562. The lowest BCUT2D eigenvalue weighted by Crippen LogP contribution is -2.39. The summed E-state index contributed by atoms with van der Waals surface area (Å²) in [7, 11) is -4.24. The number of carboxylic acids is 2. The second-order valence-electron chi connectivity index (χ2n) is 6.69. The Morgan fingerprint density at radius 1 is 0.964 bits per heavy atom. The van der Waals surface area contributed by atoms with E-state index in [1.54, 1.807) is 21.9 Å². The van der Waals surface area contributed by atoms with Gasteiger partial charge >= 0.3 is 19.5 Å². The first-order valence-electron chi connectivity index (χ1n) is 8.75. The summed E-state index contributed by atoms with van der Waals surface area (Å²) in [5.41, 5.74) is 0.503. The van der Waals surface area contributed by atoms with Crippen molar-refractivity contribution in [3.63, 3.8) is 0 Å². The minimum absolute atomic E-state index is 0.0580. The Morgan fingerprint density at radius 3 is 2.07 bits per heavy atom. The van der Waals surface area contributed by atoms with Gasteiger partial charge in [0.25, 0.3) is 0 Å². The molecule has 2 heterocycles. The minimum atomic E-state index is -4.24. The summed E-state index contributed by atoms with van der Waals surface area (Å²) in [5, 5.41) is 18.2. The van der Waals surface area contributed by atoms with Crippen LogP contribution in [0, 0.1) is 0 Å². The number of aromatic carboxylic acids is 1. The van der Waals surface area contributed by atoms with E-state index in [1.165, 1.54) is 6.07 Å². The van der Waals surface area contributed by atoms with Crippen LogP contribution >= 0.6 is 7.60 Å². The van der Waals surface area contributed by atoms with Gasteiger partial charge in [0.1, 0.15) is 12.0 Å². The summed E-state index contributed by atoms with van der Waals surface area (Å²) in [6, 6.07) is 4.72. The highest BCUT2D eigenvalue weighted by molar-refractivity contribution is 7.51. The highest BCUT2D eigenvalue weighted by Gasteiger charge is 2.23. The summed E-state index contributed by atoms with van der Waals surface area (Å²) in [6.07, 6.45) is -0.394. The average Bonchev–Trinajstić information content (AvgIpc) is 2.66. The van der Waals surface area contributed by atoms with Crippen molar-refractivity contribution < 1.29 is 34.2 Å². The molecule has 0 amide bonds. The lowest BCUT2D eigenvalue weighted by atomic mass is 10.2. The van der Waals surface area contributed by atoms with Gasteiger partial charge in [-0.2, -0.15) is 0 Å². The van der Waals surface area contributed by atoms with Crippen molar-refractivity contribution in [3.05, 3.63) is 29.6 Å². The SMILES string of the molecule is O=C(O)CN1CCN(Cc2cccc(C(=O)O)n2)CCN(CP(=O)(O)O)CC1. The number of hydrogen-bond donors (Lipinski definition) is 4. The molecule has 0 saturated carbocycles. The van der Waals surface area contributed by atoms with Crippen LogP contribution < -0.4 is 0 Å². The number of aromatic nitrogens is 1. The van der Waals surface area contributed by atoms with Gasteiger partial charge in [-0.15, -0.1) is 0 Å². The first-order chi connectivity index (χ1) is 13.1. The van der Waals surface area contributed by atoms with Gasteiger partial charge in [-0.05, 0) is 12.1 Å². The predicted octanol–water partition coefficient (Wildman–Crippen LogP) is -0.581. The molecule has 2 rings (SSSR count). The van der Waals surface area contributed by atoms with Crippen molar-refractivity contribution in [2.45, 2.75) is 6.54 Å². The van der Waals surface area contributed by atoms with E-state index in [0.29, 0.717) is 51.5 Å². The van der Waals surface area contributed by atoms with Gasteiger partial charge in [0, 0.05) is 45.8 Å². The zero-order valence-electron chi connectivity index (χ0n) is 15.3. The molecule has 0 aliphatic carbocycles. The molecule has 0 radical (unpaired) electrons. The molecule has 1 aliphatic rings. The van der Waals surface area contributed by atoms with Crippen LogP contribution in [0.2, 0.25) is 0 Å². The normalized spacial score (nSPS) is 18.2. The Balaban J connectivity index is 2.11. The van der Waals surface area contributed by atoms with Crippen LogP contribution in [0.1, 0.15) is 16.2 Å². The van der Waals surface area contributed by atoms with Gasteiger partial charge in [0.15, 0.2) is 0 Å². The smallest absolute Gasteiger partial charge is 0.354 e. The Morgan fingerprint density at radius 2 is 1.54 bits per heavy atom. The Hall–Kier alpha value is -1.88. The second-order valence-corrected chi connectivity index (χ2v) is 8.30. The molecule has 156 valence electrons. The summed E-state index contributed by atoms with van der Waals surface area (Å²) in [5.74, 6) is -2.09. The fourth-order valence-electron chi connectivity index (χ4n) is 3.01. The number of carboxylic acid groups (broad SMARTS) is 2. The summed E-state index contributed by atoms with van der Waals surface area (Å²) in [6.45, 7) is 2.79. The van der Waals surface area contributed by atoms with E-state index < -0.39 is 25.8 Å². The molecule has 1 aromatic rings. The molecule has 0 unspecified atom stereocenters. The van der Waals surface area contributed by atoms with Crippen LogP contribution in [0.5, 0.6) is 0 Å². The molecule has 4 N–H and O–H groups in total. The van der Waals surface area contributed by atoms with Gasteiger partial charge in [0.05, 0.1) is 12.2 Å². The van der Waals surface area contributed by atoms with Crippen molar-refractivity contribution in [3.8, 4) is 0 Å². The molecule has 1 saturated heterocycles. The van der Waals surface area contributed by atoms with E-state index in [9.17, 15) is 23.9 Å². The molecule has 0 atom stereocenters. The van der Waals surface area contributed by atoms with Crippen molar-refractivity contribution in [1.29, 1.82) is 0 Å². The van der Waals surface area contributed by atoms with Crippen LogP contribution in [0.15, 0.2) is 18.2 Å². The van der Waals surface area contributed by atoms with Crippen molar-refractivity contribution >= 4 is 19.5 Å². The standard InChI is InChI=1S/C16H25N4O7P/c21-15(22)11-19-5-4-18(6-8-20(9-7-19)12-28(25,26)27)10-13-2-1-3-14(17-13)16(23)24/h1-3H,4-12H2,(H,21,22)(H,23,24)(H2,25,26,27). The average molecular weight is 416 g/mol. The molecule has 28 heavy (non-hydrogen) atoms. The maximum absolute atomic E-state index is 11.4. The molecule has 0 spiro atoms. The van der Waals surface area contributed by atoms with Gasteiger partial charge in [-0.3, -0.25) is 24.1 Å². The van der Waals surface area contributed by atoms with E-state index >= 15 is 0 Å². The fourth-order valence-corrected chi connectivity index (χ4v) is 3.81. The van der Waals surface area contributed by atoms with Crippen molar-refractivity contribution in [1.82, 2.24) is 19.7 Å². The lowest BCUT2D eigenvalue weighted by Gasteiger charge is -2.25. The summed E-state index contributed by atoms with van der Waals surface area (Å²) in [4.78, 5) is 50.1. The third-order valence-corrected chi connectivity index (χ3v) is 5.12. The highest BCUT2D eigenvalue weighted by Crippen LogP contribution is 2.34. The number of aliphatic carboxylic acids is 1. The van der Waals surface area contributed by atoms with Crippen molar-refractivity contribution in [2.24, 2.45) is 0 Å². The molecular formula is C16H25N4O7P. The van der Waals surface area contributed by atoms with E-state index in [0.717, 1.165) is 0 Å². The number of rotatable bonds is 7. The number of carbonyl (C=O) groups is 2. The number of hydrogen-bond acceptors (Lipinski definition) is 7. The Kier molecular flexibility index (Phi) is 8.05. The van der Waals surface area contributed by atoms with Crippen LogP contribution in [0.3, 0.4) is 0 Å².